The SMILES string of the molecule is CC(=O)c1ccc(S(=O)(=O)Nc2cc(SCC(=O)O)c(O)c3ccccc23)cc1. The van der Waals surface area contributed by atoms with E-state index < -0.39 is 16.0 Å². The van der Waals surface area contributed by atoms with Crippen LogP contribution in [0.2, 0.25) is 0 Å². The number of hydrogen-bond acceptors (Lipinski definition) is 6. The Morgan fingerprint density at radius 2 is 1.66 bits per heavy atom. The molecule has 9 heteroatoms. The van der Waals surface area contributed by atoms with E-state index in [-0.39, 0.29) is 32.8 Å². The number of Topliss-reactive ketones (excluding diaryl/α,β-unsaturated/α-hetero) is 1. The third-order valence-corrected chi connectivity index (χ3v) is 6.54. The van der Waals surface area contributed by atoms with Crippen LogP contribution in [-0.4, -0.2) is 36.1 Å². The van der Waals surface area contributed by atoms with E-state index in [0.29, 0.717) is 16.3 Å². The molecule has 0 aliphatic rings. The lowest BCUT2D eigenvalue weighted by molar-refractivity contribution is -0.133. The largest absolute Gasteiger partial charge is 0.506 e. The van der Waals surface area contributed by atoms with Gasteiger partial charge in [-0.2, -0.15) is 0 Å². The summed E-state index contributed by atoms with van der Waals surface area (Å²) in [6.45, 7) is 1.39. The standard InChI is InChI=1S/C20H17NO6S2/c1-12(22)13-6-8-14(9-7-13)29(26,27)21-17-10-18(28-11-19(23)24)20(25)16-5-3-2-4-15(16)17/h2-10,21,25H,11H2,1H3,(H,23,24). The number of carbonyl (C=O) groups is 2. The summed E-state index contributed by atoms with van der Waals surface area (Å²) >= 11 is 0.889. The number of benzene rings is 3. The fraction of sp³-hybridized carbons (Fsp3) is 0.100. The van der Waals surface area contributed by atoms with Gasteiger partial charge in [0.1, 0.15) is 5.75 Å². The maximum absolute atomic E-state index is 12.8. The van der Waals surface area contributed by atoms with Gasteiger partial charge in [-0.15, -0.1) is 11.8 Å². The van der Waals surface area contributed by atoms with Crippen molar-refractivity contribution < 1.29 is 28.2 Å². The number of aliphatic carboxylic acids is 1. The van der Waals surface area contributed by atoms with Crippen LogP contribution >= 0.6 is 11.8 Å². The predicted molar refractivity (Wildman–Crippen MR) is 111 cm³/mol. The third kappa shape index (κ3) is 4.52. The zero-order valence-electron chi connectivity index (χ0n) is 15.2. The van der Waals surface area contributed by atoms with Crippen LogP contribution in [0.25, 0.3) is 10.8 Å². The summed E-state index contributed by atoms with van der Waals surface area (Å²) < 4.78 is 28.2. The molecule has 0 radical (unpaired) electrons. The second kappa shape index (κ2) is 8.14. The highest BCUT2D eigenvalue weighted by Gasteiger charge is 2.19. The molecular weight excluding hydrogens is 414 g/mol. The Morgan fingerprint density at radius 3 is 2.24 bits per heavy atom. The number of hydrogen-bond donors (Lipinski definition) is 3. The van der Waals surface area contributed by atoms with Gasteiger partial charge in [-0.3, -0.25) is 14.3 Å². The first-order valence-corrected chi connectivity index (χ1v) is 10.9. The minimum absolute atomic E-state index is 0.0283. The molecule has 3 aromatic rings. The summed E-state index contributed by atoms with van der Waals surface area (Å²) in [6.07, 6.45) is 0. The number of aromatic hydroxyl groups is 1. The van der Waals surface area contributed by atoms with Crippen LogP contribution in [0, 0.1) is 0 Å². The molecule has 3 rings (SSSR count). The van der Waals surface area contributed by atoms with Crippen molar-refractivity contribution in [2.45, 2.75) is 16.7 Å². The normalized spacial score (nSPS) is 11.3. The summed E-state index contributed by atoms with van der Waals surface area (Å²) in [5.41, 5.74) is 0.605. The minimum Gasteiger partial charge on any atom is -0.506 e. The number of phenolic OH excluding ortho intramolecular Hbond substituents is 1. The van der Waals surface area contributed by atoms with E-state index in [1.165, 1.54) is 37.3 Å². The third-order valence-electron chi connectivity index (χ3n) is 4.15. The molecule has 7 nitrogen and oxygen atoms in total. The van der Waals surface area contributed by atoms with E-state index in [1.54, 1.807) is 24.3 Å². The van der Waals surface area contributed by atoms with Gasteiger partial charge >= 0.3 is 5.97 Å². The van der Waals surface area contributed by atoms with Gasteiger partial charge in [0.2, 0.25) is 0 Å². The van der Waals surface area contributed by atoms with Gasteiger partial charge in [0.25, 0.3) is 10.0 Å². The van der Waals surface area contributed by atoms with Crippen molar-refractivity contribution in [3.8, 4) is 5.75 Å². The van der Waals surface area contributed by atoms with E-state index >= 15 is 0 Å². The second-order valence-electron chi connectivity index (χ2n) is 6.18. The lowest BCUT2D eigenvalue weighted by Crippen LogP contribution is -2.13. The van der Waals surface area contributed by atoms with Crippen LogP contribution in [0.1, 0.15) is 17.3 Å². The molecule has 0 spiro atoms. The second-order valence-corrected chi connectivity index (χ2v) is 8.88. The van der Waals surface area contributed by atoms with Gasteiger partial charge < -0.3 is 10.2 Å². The Kier molecular flexibility index (Phi) is 5.81. The first-order chi connectivity index (χ1) is 13.7. The van der Waals surface area contributed by atoms with E-state index in [9.17, 15) is 23.1 Å². The monoisotopic (exact) mass is 431 g/mol. The van der Waals surface area contributed by atoms with Crippen LogP contribution in [0.5, 0.6) is 5.75 Å². The number of fused-ring (bicyclic) bond motifs is 1. The van der Waals surface area contributed by atoms with Crippen molar-refractivity contribution >= 4 is 50.0 Å². The zero-order valence-corrected chi connectivity index (χ0v) is 16.9. The number of sulfonamides is 1. The van der Waals surface area contributed by atoms with Crippen LogP contribution in [0.4, 0.5) is 5.69 Å². The van der Waals surface area contributed by atoms with Gasteiger partial charge in [-0.25, -0.2) is 8.42 Å². The molecule has 3 N–H and O–H groups in total. The molecule has 0 unspecified atom stereocenters. The van der Waals surface area contributed by atoms with Crippen molar-refractivity contribution in [1.29, 1.82) is 0 Å². The molecule has 150 valence electrons. The molecule has 0 atom stereocenters. The van der Waals surface area contributed by atoms with Gasteiger partial charge in [-0.05, 0) is 25.1 Å². The molecule has 29 heavy (non-hydrogen) atoms. The Bertz CT molecular complexity index is 1200. The summed E-state index contributed by atoms with van der Waals surface area (Å²) in [5.74, 6) is -1.63. The summed E-state index contributed by atoms with van der Waals surface area (Å²) in [7, 11) is -3.98. The molecule has 0 aliphatic heterocycles. The Hall–Kier alpha value is -3.04. The number of ketones is 1. The topological polar surface area (TPSA) is 121 Å². The number of rotatable bonds is 7. The molecule has 0 saturated carbocycles. The first kappa shape index (κ1) is 20.7. The van der Waals surface area contributed by atoms with Crippen molar-refractivity contribution in [3.05, 3.63) is 60.2 Å². The number of phenols is 1. The zero-order chi connectivity index (χ0) is 21.2. The molecule has 0 saturated heterocycles. The van der Waals surface area contributed by atoms with Crippen LogP contribution in [0.15, 0.2) is 64.4 Å². The fourth-order valence-corrected chi connectivity index (χ4v) is 4.54. The predicted octanol–water partition coefficient (Wildman–Crippen LogP) is 3.73. The molecule has 0 amide bonds. The minimum atomic E-state index is -3.98. The summed E-state index contributed by atoms with van der Waals surface area (Å²) in [4.78, 5) is 22.5. The summed E-state index contributed by atoms with van der Waals surface area (Å²) in [6, 6.07) is 13.6. The molecular formula is C20H17NO6S2. The van der Waals surface area contributed by atoms with E-state index in [0.717, 1.165) is 11.8 Å². The maximum atomic E-state index is 12.8. The number of anilines is 1. The lowest BCUT2D eigenvalue weighted by Gasteiger charge is -2.14. The lowest BCUT2D eigenvalue weighted by atomic mass is 10.1. The molecule has 0 fully saturated rings. The molecule has 3 aromatic carbocycles. The van der Waals surface area contributed by atoms with Gasteiger partial charge in [0.15, 0.2) is 5.78 Å². The highest BCUT2D eigenvalue weighted by molar-refractivity contribution is 8.00. The number of carboxylic acid groups (broad SMARTS) is 1. The van der Waals surface area contributed by atoms with E-state index in [2.05, 4.69) is 4.72 Å². The maximum Gasteiger partial charge on any atom is 0.313 e. The van der Waals surface area contributed by atoms with Crippen LogP contribution in [0.3, 0.4) is 0 Å². The molecule has 0 aliphatic carbocycles. The average molecular weight is 431 g/mol. The number of carboxylic acids is 1. The van der Waals surface area contributed by atoms with Gasteiger partial charge in [0.05, 0.1) is 21.2 Å². The number of carbonyl (C=O) groups excluding carboxylic acids is 1. The number of nitrogens with one attached hydrogen (secondary N) is 1. The van der Waals surface area contributed by atoms with Gasteiger partial charge in [0, 0.05) is 16.3 Å². The van der Waals surface area contributed by atoms with E-state index in [1.807, 2.05) is 0 Å². The average Bonchev–Trinajstić information content (AvgIpc) is 2.69. The fourth-order valence-electron chi connectivity index (χ4n) is 2.74. The first-order valence-electron chi connectivity index (χ1n) is 8.42. The van der Waals surface area contributed by atoms with E-state index in [4.69, 9.17) is 5.11 Å². The molecule has 0 bridgehead atoms. The Labute approximate surface area is 171 Å². The highest BCUT2D eigenvalue weighted by atomic mass is 32.2. The highest BCUT2D eigenvalue weighted by Crippen LogP contribution is 2.40. The van der Waals surface area contributed by atoms with Crippen molar-refractivity contribution in [3.63, 3.8) is 0 Å². The Morgan fingerprint density at radius 1 is 1.03 bits per heavy atom. The summed E-state index contributed by atoms with van der Waals surface area (Å²) in [5, 5.41) is 20.2. The molecule has 0 heterocycles. The molecule has 0 aromatic heterocycles. The quantitative estimate of drug-likeness (QED) is 0.296. The van der Waals surface area contributed by atoms with Crippen LogP contribution < -0.4 is 4.72 Å². The van der Waals surface area contributed by atoms with Gasteiger partial charge in [-0.1, -0.05) is 36.4 Å². The van der Waals surface area contributed by atoms with Crippen molar-refractivity contribution in [2.75, 3.05) is 10.5 Å². The Balaban J connectivity index is 2.05. The van der Waals surface area contributed by atoms with Crippen molar-refractivity contribution in [2.24, 2.45) is 0 Å². The van der Waals surface area contributed by atoms with Crippen LogP contribution in [-0.2, 0) is 14.8 Å². The smallest absolute Gasteiger partial charge is 0.313 e. The number of thioether (sulfide) groups is 1. The van der Waals surface area contributed by atoms with Crippen molar-refractivity contribution in [1.82, 2.24) is 0 Å².